The minimum atomic E-state index is -0.384. The van der Waals surface area contributed by atoms with Crippen molar-refractivity contribution in [3.63, 3.8) is 0 Å². The highest BCUT2D eigenvalue weighted by Crippen LogP contribution is 2.30. The Morgan fingerprint density at radius 2 is 2.25 bits per heavy atom. The number of nitrogens with zero attached hydrogens (tertiary/aromatic N) is 3. The third-order valence-corrected chi connectivity index (χ3v) is 4.86. The first-order chi connectivity index (χ1) is 11.7. The summed E-state index contributed by atoms with van der Waals surface area (Å²) in [7, 11) is 0. The van der Waals surface area contributed by atoms with E-state index in [4.69, 9.17) is 9.15 Å². The molecule has 0 radical (unpaired) electrons. The second-order valence-corrected chi connectivity index (χ2v) is 6.45. The van der Waals surface area contributed by atoms with Crippen molar-refractivity contribution in [2.45, 2.75) is 13.0 Å². The van der Waals surface area contributed by atoms with Crippen molar-refractivity contribution >= 4 is 33.1 Å². The van der Waals surface area contributed by atoms with Crippen LogP contribution in [-0.2, 0) is 4.74 Å². The first-order valence-corrected chi connectivity index (χ1v) is 8.52. The Hall–Kier alpha value is -2.45. The molecule has 1 aromatic carbocycles. The standard InChI is InChI=1S/C16H16N4O3S/c1-10-18-19-15(23-10)13-8-20(6-7-22-13)16(21)17-12-9-24-14-5-3-2-4-11(12)14/h2-5,9,13H,6-8H2,1H3,(H,17,21)/t13-/m1/s1. The smallest absolute Gasteiger partial charge is 0.322 e. The van der Waals surface area contributed by atoms with E-state index in [0.717, 1.165) is 15.8 Å². The van der Waals surface area contributed by atoms with Gasteiger partial charge in [-0.15, -0.1) is 21.5 Å². The summed E-state index contributed by atoms with van der Waals surface area (Å²) in [6.07, 6.45) is -0.384. The SMILES string of the molecule is Cc1nnc([C@H]2CN(C(=O)Nc3csc4ccccc34)CCO2)o1. The second kappa shape index (κ2) is 6.21. The molecule has 1 N–H and O–H groups in total. The number of carbonyl (C=O) groups is 1. The molecule has 1 aliphatic heterocycles. The molecule has 1 atom stereocenters. The number of hydrogen-bond donors (Lipinski definition) is 1. The van der Waals surface area contributed by atoms with Gasteiger partial charge in [-0.05, 0) is 6.07 Å². The predicted molar refractivity (Wildman–Crippen MR) is 90.1 cm³/mol. The first-order valence-electron chi connectivity index (χ1n) is 7.64. The summed E-state index contributed by atoms with van der Waals surface area (Å²) in [5.41, 5.74) is 0.831. The van der Waals surface area contributed by atoms with E-state index in [0.29, 0.717) is 31.5 Å². The highest BCUT2D eigenvalue weighted by molar-refractivity contribution is 7.17. The van der Waals surface area contributed by atoms with E-state index in [-0.39, 0.29) is 12.1 Å². The topological polar surface area (TPSA) is 80.5 Å². The molecule has 3 heterocycles. The molecule has 1 aliphatic rings. The normalized spacial score (nSPS) is 18.0. The molecule has 4 rings (SSSR count). The Kier molecular flexibility index (Phi) is 3.91. The van der Waals surface area contributed by atoms with Crippen LogP contribution in [0.1, 0.15) is 17.9 Å². The van der Waals surface area contributed by atoms with Crippen LogP contribution in [0.3, 0.4) is 0 Å². The fourth-order valence-corrected chi connectivity index (χ4v) is 3.59. The molecule has 0 bridgehead atoms. The summed E-state index contributed by atoms with van der Waals surface area (Å²) < 4.78 is 12.2. The van der Waals surface area contributed by atoms with Gasteiger partial charge in [0.05, 0.1) is 18.8 Å². The number of morpholine rings is 1. The van der Waals surface area contributed by atoms with Gasteiger partial charge in [-0.3, -0.25) is 0 Å². The Morgan fingerprint density at radius 1 is 1.38 bits per heavy atom. The highest BCUT2D eigenvalue weighted by Gasteiger charge is 2.29. The number of hydrogen-bond acceptors (Lipinski definition) is 6. The van der Waals surface area contributed by atoms with Gasteiger partial charge in [-0.25, -0.2) is 4.79 Å². The van der Waals surface area contributed by atoms with Gasteiger partial charge in [-0.1, -0.05) is 18.2 Å². The lowest BCUT2D eigenvalue weighted by Gasteiger charge is -2.31. The molecule has 124 valence electrons. The second-order valence-electron chi connectivity index (χ2n) is 5.54. The minimum absolute atomic E-state index is 0.150. The van der Waals surface area contributed by atoms with Crippen LogP contribution in [0, 0.1) is 6.92 Å². The molecule has 7 nitrogen and oxygen atoms in total. The van der Waals surface area contributed by atoms with E-state index < -0.39 is 0 Å². The number of rotatable bonds is 2. The van der Waals surface area contributed by atoms with E-state index in [1.165, 1.54) is 0 Å². The number of thiophene rings is 1. The lowest BCUT2D eigenvalue weighted by atomic mass is 10.2. The number of aryl methyl sites for hydroxylation is 1. The number of amides is 2. The Bertz CT molecular complexity index is 875. The van der Waals surface area contributed by atoms with Gasteiger partial charge in [0.1, 0.15) is 0 Å². The zero-order valence-corrected chi connectivity index (χ0v) is 13.9. The zero-order valence-electron chi connectivity index (χ0n) is 13.1. The van der Waals surface area contributed by atoms with E-state index in [1.807, 2.05) is 29.6 Å². The van der Waals surface area contributed by atoms with Crippen LogP contribution in [0.25, 0.3) is 10.1 Å². The van der Waals surface area contributed by atoms with Crippen LogP contribution in [0.5, 0.6) is 0 Å². The van der Waals surface area contributed by atoms with E-state index >= 15 is 0 Å². The average molecular weight is 344 g/mol. The van der Waals surface area contributed by atoms with Crippen molar-refractivity contribution in [1.82, 2.24) is 15.1 Å². The van der Waals surface area contributed by atoms with Gasteiger partial charge in [-0.2, -0.15) is 0 Å². The van der Waals surface area contributed by atoms with Crippen molar-refractivity contribution in [2.24, 2.45) is 0 Å². The molecule has 8 heteroatoms. The zero-order chi connectivity index (χ0) is 16.5. The van der Waals surface area contributed by atoms with Crippen molar-refractivity contribution < 1.29 is 13.9 Å². The van der Waals surface area contributed by atoms with E-state index in [2.05, 4.69) is 15.5 Å². The molecule has 0 unspecified atom stereocenters. The van der Waals surface area contributed by atoms with Crippen molar-refractivity contribution in [3.05, 3.63) is 41.4 Å². The number of benzene rings is 1. The molecular formula is C16H16N4O3S. The maximum Gasteiger partial charge on any atom is 0.322 e. The molecule has 1 saturated heterocycles. The number of aromatic nitrogens is 2. The largest absolute Gasteiger partial charge is 0.423 e. The van der Waals surface area contributed by atoms with Gasteiger partial charge in [0.15, 0.2) is 6.10 Å². The minimum Gasteiger partial charge on any atom is -0.423 e. The van der Waals surface area contributed by atoms with Gasteiger partial charge in [0.25, 0.3) is 0 Å². The number of urea groups is 1. The van der Waals surface area contributed by atoms with Crippen LogP contribution < -0.4 is 5.32 Å². The summed E-state index contributed by atoms with van der Waals surface area (Å²) in [6.45, 7) is 3.07. The molecule has 0 aliphatic carbocycles. The maximum atomic E-state index is 12.6. The van der Waals surface area contributed by atoms with Gasteiger partial charge in [0.2, 0.25) is 11.8 Å². The molecule has 2 aromatic heterocycles. The van der Waals surface area contributed by atoms with Crippen molar-refractivity contribution in [3.8, 4) is 0 Å². The number of anilines is 1. The van der Waals surface area contributed by atoms with E-state index in [9.17, 15) is 4.79 Å². The summed E-state index contributed by atoms with van der Waals surface area (Å²) in [4.78, 5) is 14.3. The Balaban J connectivity index is 1.48. The van der Waals surface area contributed by atoms with Crippen molar-refractivity contribution in [2.75, 3.05) is 25.0 Å². The van der Waals surface area contributed by atoms with Crippen LogP contribution in [0.15, 0.2) is 34.1 Å². The average Bonchev–Trinajstić information content (AvgIpc) is 3.22. The molecule has 2 amide bonds. The quantitative estimate of drug-likeness (QED) is 0.772. The van der Waals surface area contributed by atoms with Crippen LogP contribution in [0.2, 0.25) is 0 Å². The Morgan fingerprint density at radius 3 is 3.08 bits per heavy atom. The maximum absolute atomic E-state index is 12.6. The number of carbonyl (C=O) groups excluding carboxylic acids is 1. The fraction of sp³-hybridized carbons (Fsp3) is 0.312. The fourth-order valence-electron chi connectivity index (χ4n) is 2.69. The van der Waals surface area contributed by atoms with Crippen LogP contribution in [0.4, 0.5) is 10.5 Å². The predicted octanol–water partition coefficient (Wildman–Crippen LogP) is 3.20. The third kappa shape index (κ3) is 2.85. The molecule has 3 aromatic rings. The number of nitrogens with one attached hydrogen (secondary N) is 1. The number of ether oxygens (including phenoxy) is 1. The lowest BCUT2D eigenvalue weighted by molar-refractivity contribution is -0.0274. The van der Waals surface area contributed by atoms with Crippen LogP contribution in [-0.4, -0.2) is 40.8 Å². The number of fused-ring (bicyclic) bond motifs is 1. The summed E-state index contributed by atoms with van der Waals surface area (Å²) >= 11 is 1.61. The van der Waals surface area contributed by atoms with Gasteiger partial charge < -0.3 is 19.4 Å². The summed E-state index contributed by atoms with van der Waals surface area (Å²) in [6, 6.07) is 7.85. The van der Waals surface area contributed by atoms with Crippen LogP contribution >= 0.6 is 11.3 Å². The lowest BCUT2D eigenvalue weighted by Crippen LogP contribution is -2.44. The molecule has 1 fully saturated rings. The monoisotopic (exact) mass is 344 g/mol. The van der Waals surface area contributed by atoms with E-state index in [1.54, 1.807) is 23.2 Å². The molecule has 0 saturated carbocycles. The summed E-state index contributed by atoms with van der Waals surface area (Å²) in [5.74, 6) is 0.894. The molecular weight excluding hydrogens is 328 g/mol. The van der Waals surface area contributed by atoms with Crippen molar-refractivity contribution in [1.29, 1.82) is 0 Å². The molecule has 0 spiro atoms. The highest BCUT2D eigenvalue weighted by atomic mass is 32.1. The van der Waals surface area contributed by atoms with Gasteiger partial charge >= 0.3 is 6.03 Å². The van der Waals surface area contributed by atoms with Gasteiger partial charge in [0, 0.05) is 28.9 Å². The first kappa shape index (κ1) is 15.1. The molecule has 24 heavy (non-hydrogen) atoms. The third-order valence-electron chi connectivity index (χ3n) is 3.89. The summed E-state index contributed by atoms with van der Waals surface area (Å²) in [5, 5.41) is 13.8. The Labute approximate surface area is 142 Å².